The van der Waals surface area contributed by atoms with Crippen molar-refractivity contribution in [2.45, 2.75) is 57.3 Å². The average molecular weight is 572 g/mol. The summed E-state index contributed by atoms with van der Waals surface area (Å²) in [5.74, 6) is -0.949. The maximum atomic E-state index is 13.0. The van der Waals surface area contributed by atoms with Crippen molar-refractivity contribution in [1.82, 2.24) is 14.3 Å². The number of ether oxygens (including phenoxy) is 1. The number of nitrogens with zero attached hydrogens (tertiary/aromatic N) is 1. The summed E-state index contributed by atoms with van der Waals surface area (Å²) in [5, 5.41) is 0. The first-order valence-corrected chi connectivity index (χ1v) is 13.7. The van der Waals surface area contributed by atoms with Crippen molar-refractivity contribution < 1.29 is 47.9 Å². The summed E-state index contributed by atoms with van der Waals surface area (Å²) in [7, 11) is -10.1. The summed E-state index contributed by atoms with van der Waals surface area (Å²) in [6.45, 7) is 5.05. The molecule has 0 radical (unpaired) electrons. The SMILES string of the molecule is COc1ccccc1CN(C[C@@H](NS(=O)(=O)C(F)(F)F)C(C)C)C[C@@H](NS(=O)(=O)C(F)(F)F)C(C)C. The highest BCUT2D eigenvalue weighted by atomic mass is 32.2. The second-order valence-electron chi connectivity index (χ2n) is 8.84. The van der Waals surface area contributed by atoms with Crippen LogP contribution in [0.2, 0.25) is 0 Å². The zero-order chi connectivity index (χ0) is 28.1. The highest BCUT2D eigenvalue weighted by Crippen LogP contribution is 2.26. The lowest BCUT2D eigenvalue weighted by atomic mass is 10.0. The molecule has 1 rings (SSSR count). The van der Waals surface area contributed by atoms with Crippen LogP contribution in [-0.2, 0) is 26.6 Å². The predicted octanol–water partition coefficient (Wildman–Crippen LogP) is 3.42. The number of hydrogen-bond acceptors (Lipinski definition) is 6. The van der Waals surface area contributed by atoms with Gasteiger partial charge in [0.25, 0.3) is 0 Å². The van der Waals surface area contributed by atoms with Gasteiger partial charge in [-0.15, -0.1) is 0 Å². The van der Waals surface area contributed by atoms with Gasteiger partial charge in [0.05, 0.1) is 7.11 Å². The van der Waals surface area contributed by atoms with E-state index in [-0.39, 0.29) is 19.6 Å². The van der Waals surface area contributed by atoms with E-state index in [1.807, 2.05) is 0 Å². The van der Waals surface area contributed by atoms with Crippen LogP contribution in [0.25, 0.3) is 0 Å². The molecular formula is C20H31F6N3O5S2. The summed E-state index contributed by atoms with van der Waals surface area (Å²) in [6, 6.07) is 3.87. The molecule has 0 aliphatic rings. The third-order valence-corrected chi connectivity index (χ3v) is 7.77. The van der Waals surface area contributed by atoms with Gasteiger partial charge in [0.15, 0.2) is 0 Å². The van der Waals surface area contributed by atoms with Gasteiger partial charge in [-0.1, -0.05) is 45.9 Å². The molecule has 1 aromatic carbocycles. The standard InChI is InChI=1S/C20H31F6N3O5S2/c1-13(2)16(27-35(30,31)19(21,22)23)11-29(10-15-8-6-7-9-18(15)34-5)12-17(14(3)4)28-36(32,33)20(24,25)26/h6-9,13-14,16-17,27-28H,10-12H2,1-5H3/t16-,17-/m1/s1. The Kier molecular flexibility index (Phi) is 11.1. The summed E-state index contributed by atoms with van der Waals surface area (Å²) in [6.07, 6.45) is 0. The molecular weight excluding hydrogens is 540 g/mol. The van der Waals surface area contributed by atoms with Crippen LogP contribution < -0.4 is 14.2 Å². The van der Waals surface area contributed by atoms with Gasteiger partial charge in [-0.05, 0) is 17.9 Å². The Balaban J connectivity index is 3.40. The first-order valence-electron chi connectivity index (χ1n) is 10.7. The molecule has 0 unspecified atom stereocenters. The number of methoxy groups -OCH3 is 1. The van der Waals surface area contributed by atoms with E-state index in [1.54, 1.807) is 33.7 Å². The monoisotopic (exact) mass is 571 g/mol. The minimum atomic E-state index is -5.73. The Morgan fingerprint density at radius 2 is 1.19 bits per heavy atom. The Morgan fingerprint density at radius 3 is 1.53 bits per heavy atom. The minimum absolute atomic E-state index is 0.0854. The number of halogens is 6. The van der Waals surface area contributed by atoms with Gasteiger partial charge in [0.1, 0.15) is 5.75 Å². The second-order valence-corrected chi connectivity index (χ2v) is 12.3. The van der Waals surface area contributed by atoms with Gasteiger partial charge in [-0.3, -0.25) is 4.90 Å². The van der Waals surface area contributed by atoms with E-state index >= 15 is 0 Å². The number of nitrogens with one attached hydrogen (secondary N) is 2. The van der Waals surface area contributed by atoms with Crippen LogP contribution in [0, 0.1) is 11.8 Å². The van der Waals surface area contributed by atoms with E-state index in [1.165, 1.54) is 39.7 Å². The van der Waals surface area contributed by atoms with Crippen LogP contribution in [0.4, 0.5) is 26.3 Å². The van der Waals surface area contributed by atoms with Crippen LogP contribution in [0.5, 0.6) is 5.75 Å². The fourth-order valence-electron chi connectivity index (χ4n) is 3.14. The molecule has 0 saturated heterocycles. The third-order valence-electron chi connectivity index (χ3n) is 5.33. The zero-order valence-corrected chi connectivity index (χ0v) is 21.9. The maximum absolute atomic E-state index is 13.0. The van der Waals surface area contributed by atoms with Crippen molar-refractivity contribution in [3.63, 3.8) is 0 Å². The van der Waals surface area contributed by atoms with E-state index in [0.717, 1.165) is 0 Å². The Morgan fingerprint density at radius 1 is 0.806 bits per heavy atom. The van der Waals surface area contributed by atoms with Gasteiger partial charge in [-0.25, -0.2) is 26.3 Å². The van der Waals surface area contributed by atoms with Crippen molar-refractivity contribution in [1.29, 1.82) is 0 Å². The lowest BCUT2D eigenvalue weighted by Gasteiger charge is -2.34. The molecule has 0 fully saturated rings. The van der Waals surface area contributed by atoms with E-state index in [0.29, 0.717) is 11.3 Å². The fraction of sp³-hybridized carbons (Fsp3) is 0.700. The quantitative estimate of drug-likeness (QED) is 0.352. The van der Waals surface area contributed by atoms with Gasteiger partial charge in [-0.2, -0.15) is 26.3 Å². The molecule has 16 heteroatoms. The van der Waals surface area contributed by atoms with E-state index in [4.69, 9.17) is 4.74 Å². The molecule has 0 aromatic heterocycles. The number of hydrogen-bond donors (Lipinski definition) is 2. The normalized spacial score (nSPS) is 15.5. The minimum Gasteiger partial charge on any atom is -0.496 e. The van der Waals surface area contributed by atoms with Crippen molar-refractivity contribution in [2.24, 2.45) is 11.8 Å². The molecule has 0 bridgehead atoms. The number of benzene rings is 1. The lowest BCUT2D eigenvalue weighted by Crippen LogP contribution is -2.54. The topological polar surface area (TPSA) is 105 Å². The van der Waals surface area contributed by atoms with Crippen LogP contribution >= 0.6 is 0 Å². The average Bonchev–Trinajstić information content (AvgIpc) is 2.70. The molecule has 0 aliphatic carbocycles. The Hall–Kier alpha value is -1.62. The van der Waals surface area contributed by atoms with E-state index < -0.39 is 55.0 Å². The molecule has 1 aromatic rings. The fourth-order valence-corrected chi connectivity index (χ4v) is 4.89. The smallest absolute Gasteiger partial charge is 0.496 e. The number of para-hydroxylation sites is 1. The van der Waals surface area contributed by atoms with Crippen LogP contribution in [0.1, 0.15) is 33.3 Å². The molecule has 8 nitrogen and oxygen atoms in total. The van der Waals surface area contributed by atoms with Gasteiger partial charge >= 0.3 is 31.1 Å². The summed E-state index contributed by atoms with van der Waals surface area (Å²) in [5.41, 5.74) is -10.6. The van der Waals surface area contributed by atoms with Crippen molar-refractivity contribution in [3.8, 4) is 5.75 Å². The number of rotatable bonds is 13. The summed E-state index contributed by atoms with van der Waals surface area (Å²) >= 11 is 0. The lowest BCUT2D eigenvalue weighted by molar-refractivity contribution is -0.0457. The van der Waals surface area contributed by atoms with Crippen molar-refractivity contribution in [2.75, 3.05) is 20.2 Å². The molecule has 0 saturated carbocycles. The predicted molar refractivity (Wildman–Crippen MR) is 122 cm³/mol. The molecule has 0 aliphatic heterocycles. The van der Waals surface area contributed by atoms with E-state index in [9.17, 15) is 43.2 Å². The van der Waals surface area contributed by atoms with Gasteiger partial charge in [0.2, 0.25) is 0 Å². The zero-order valence-electron chi connectivity index (χ0n) is 20.3. The summed E-state index contributed by atoms with van der Waals surface area (Å²) < 4.78 is 133. The largest absolute Gasteiger partial charge is 0.511 e. The van der Waals surface area contributed by atoms with Gasteiger partial charge < -0.3 is 4.74 Å². The molecule has 0 spiro atoms. The van der Waals surface area contributed by atoms with E-state index in [2.05, 4.69) is 0 Å². The maximum Gasteiger partial charge on any atom is 0.511 e. The van der Waals surface area contributed by atoms with Crippen LogP contribution in [0.3, 0.4) is 0 Å². The second kappa shape index (κ2) is 12.3. The Bertz CT molecular complexity index is 1000. The first kappa shape index (κ1) is 32.4. The summed E-state index contributed by atoms with van der Waals surface area (Å²) in [4.78, 5) is 1.38. The molecule has 2 atom stereocenters. The molecule has 0 amide bonds. The molecule has 36 heavy (non-hydrogen) atoms. The molecule has 210 valence electrons. The number of alkyl halides is 6. The number of sulfonamides is 2. The highest BCUT2D eigenvalue weighted by molar-refractivity contribution is 7.90. The molecule has 2 N–H and O–H groups in total. The van der Waals surface area contributed by atoms with Crippen LogP contribution in [-0.4, -0.2) is 65.0 Å². The highest BCUT2D eigenvalue weighted by Gasteiger charge is 2.48. The molecule has 0 heterocycles. The van der Waals surface area contributed by atoms with Gasteiger partial charge in [0, 0.05) is 37.3 Å². The van der Waals surface area contributed by atoms with Crippen LogP contribution in [0.15, 0.2) is 24.3 Å². The Labute approximate surface area is 207 Å². The third kappa shape index (κ3) is 9.04. The van der Waals surface area contributed by atoms with Crippen molar-refractivity contribution in [3.05, 3.63) is 29.8 Å². The van der Waals surface area contributed by atoms with Crippen molar-refractivity contribution >= 4 is 20.0 Å². The first-order chi connectivity index (χ1) is 16.2.